The summed E-state index contributed by atoms with van der Waals surface area (Å²) >= 11 is 0. The molecule has 1 aromatic rings. The highest BCUT2D eigenvalue weighted by atomic mass is 32.2. The Morgan fingerprint density at radius 3 is 2.57 bits per heavy atom. The molecule has 0 spiro atoms. The Morgan fingerprint density at radius 2 is 2.05 bits per heavy atom. The van der Waals surface area contributed by atoms with Gasteiger partial charge in [0, 0.05) is 19.5 Å². The average Bonchev–Trinajstić information content (AvgIpc) is 2.73. The molecule has 0 unspecified atom stereocenters. The van der Waals surface area contributed by atoms with Crippen molar-refractivity contribution in [3.63, 3.8) is 0 Å². The molecule has 0 bridgehead atoms. The van der Waals surface area contributed by atoms with Crippen LogP contribution in [0.15, 0.2) is 0 Å². The van der Waals surface area contributed by atoms with E-state index >= 15 is 0 Å². The fourth-order valence-electron chi connectivity index (χ4n) is 1.89. The number of ether oxygens (including phenoxy) is 1. The second-order valence-corrected chi connectivity index (χ2v) is 6.23. The number of nitrogens with two attached hydrogens (primary N) is 1. The lowest BCUT2D eigenvalue weighted by Crippen LogP contribution is -2.28. The molecular weight excluding hydrogens is 296 g/mol. The fraction of sp³-hybridized carbons (Fsp3) is 0.667. The molecule has 0 aromatic carbocycles. The van der Waals surface area contributed by atoms with Crippen molar-refractivity contribution in [2.75, 3.05) is 24.6 Å². The number of hydrogen-bond acceptors (Lipinski definition) is 6. The summed E-state index contributed by atoms with van der Waals surface area (Å²) in [5.41, 5.74) is 5.94. The molecule has 0 fully saturated rings. The van der Waals surface area contributed by atoms with Crippen LogP contribution < -0.4 is 10.5 Å². The lowest BCUT2D eigenvalue weighted by atomic mass is 10.4. The highest BCUT2D eigenvalue weighted by Crippen LogP contribution is 2.16. The molecule has 9 heteroatoms. The van der Waals surface area contributed by atoms with Crippen LogP contribution in [0.1, 0.15) is 37.1 Å². The van der Waals surface area contributed by atoms with Gasteiger partial charge < -0.3 is 15.0 Å². The molecule has 0 aliphatic heterocycles. The third-order valence-electron chi connectivity index (χ3n) is 2.82. The molecule has 8 nitrogen and oxygen atoms in total. The van der Waals surface area contributed by atoms with E-state index in [1.54, 1.807) is 18.4 Å². The topological polar surface area (TPSA) is 116 Å². The molecule has 0 saturated carbocycles. The maximum absolute atomic E-state index is 11.7. The number of sulfonamides is 1. The lowest BCUT2D eigenvalue weighted by molar-refractivity contribution is 0.0521. The van der Waals surface area contributed by atoms with Gasteiger partial charge >= 0.3 is 5.97 Å². The van der Waals surface area contributed by atoms with E-state index in [0.717, 1.165) is 0 Å². The summed E-state index contributed by atoms with van der Waals surface area (Å²) in [6, 6.07) is 0. The van der Waals surface area contributed by atoms with Crippen LogP contribution in [0.5, 0.6) is 0 Å². The molecule has 3 N–H and O–H groups in total. The van der Waals surface area contributed by atoms with Crippen LogP contribution in [0.25, 0.3) is 0 Å². The van der Waals surface area contributed by atoms with Gasteiger partial charge in [-0.25, -0.2) is 22.9 Å². The van der Waals surface area contributed by atoms with E-state index < -0.39 is 16.0 Å². The van der Waals surface area contributed by atoms with E-state index in [0.29, 0.717) is 18.8 Å². The van der Waals surface area contributed by atoms with Gasteiger partial charge in [-0.1, -0.05) is 13.8 Å². The van der Waals surface area contributed by atoms with Crippen LogP contribution in [0.4, 0.5) is 5.82 Å². The van der Waals surface area contributed by atoms with Gasteiger partial charge in [0.05, 0.1) is 12.4 Å². The number of rotatable bonds is 8. The molecule has 0 saturated heterocycles. The van der Waals surface area contributed by atoms with Crippen molar-refractivity contribution in [3.8, 4) is 0 Å². The highest BCUT2D eigenvalue weighted by Gasteiger charge is 2.21. The van der Waals surface area contributed by atoms with Gasteiger partial charge in [-0.3, -0.25) is 0 Å². The van der Waals surface area contributed by atoms with Gasteiger partial charge in [-0.05, 0) is 6.92 Å². The number of aromatic nitrogens is 2. The molecule has 0 atom stereocenters. The Labute approximate surface area is 124 Å². The number of esters is 1. The van der Waals surface area contributed by atoms with Gasteiger partial charge in [-0.15, -0.1) is 0 Å². The van der Waals surface area contributed by atoms with E-state index in [1.807, 2.05) is 6.92 Å². The van der Waals surface area contributed by atoms with Crippen LogP contribution in [-0.4, -0.2) is 42.8 Å². The second kappa shape index (κ2) is 7.41. The van der Waals surface area contributed by atoms with E-state index in [2.05, 4.69) is 9.71 Å². The Bertz CT molecular complexity index is 595. The summed E-state index contributed by atoms with van der Waals surface area (Å²) in [7, 11) is -3.36. The van der Waals surface area contributed by atoms with Crippen molar-refractivity contribution in [2.45, 2.75) is 33.7 Å². The number of aryl methyl sites for hydroxylation is 1. The smallest absolute Gasteiger partial charge is 0.360 e. The van der Waals surface area contributed by atoms with Crippen molar-refractivity contribution in [1.82, 2.24) is 14.3 Å². The number of anilines is 1. The Balaban J connectivity index is 2.99. The fourth-order valence-corrected chi connectivity index (χ4v) is 2.89. The van der Waals surface area contributed by atoms with Crippen molar-refractivity contribution in [3.05, 3.63) is 11.5 Å². The summed E-state index contributed by atoms with van der Waals surface area (Å²) in [6.07, 6.45) is 0.533. The molecule has 0 amide bonds. The Hall–Kier alpha value is -1.61. The summed E-state index contributed by atoms with van der Waals surface area (Å²) in [5, 5.41) is 0. The van der Waals surface area contributed by atoms with Crippen LogP contribution in [-0.2, 0) is 27.7 Å². The first-order valence-corrected chi connectivity index (χ1v) is 8.50. The largest absolute Gasteiger partial charge is 0.461 e. The predicted molar refractivity (Wildman–Crippen MR) is 79.4 cm³/mol. The second-order valence-electron chi connectivity index (χ2n) is 4.30. The quantitative estimate of drug-likeness (QED) is 0.659. The van der Waals surface area contributed by atoms with Crippen molar-refractivity contribution >= 4 is 21.8 Å². The standard InChI is InChI=1S/C12H22N4O4S/c1-4-9-15-10(12(17)20-6-3)11(13)16(9)7-8-21(18,19)14-5-2/h14H,4-8,13H2,1-3H3. The zero-order valence-corrected chi connectivity index (χ0v) is 13.4. The number of nitrogen functional groups attached to an aromatic ring is 1. The van der Waals surface area contributed by atoms with Gasteiger partial charge in [0.25, 0.3) is 0 Å². The van der Waals surface area contributed by atoms with Gasteiger partial charge in [0.15, 0.2) is 5.69 Å². The van der Waals surface area contributed by atoms with Crippen LogP contribution >= 0.6 is 0 Å². The van der Waals surface area contributed by atoms with E-state index in [9.17, 15) is 13.2 Å². The minimum atomic E-state index is -3.36. The van der Waals surface area contributed by atoms with Crippen molar-refractivity contribution in [2.24, 2.45) is 0 Å². The molecule has 21 heavy (non-hydrogen) atoms. The van der Waals surface area contributed by atoms with E-state index in [4.69, 9.17) is 10.5 Å². The normalized spacial score (nSPS) is 11.6. The summed E-state index contributed by atoms with van der Waals surface area (Å²) in [4.78, 5) is 15.9. The molecule has 0 aliphatic carbocycles. The predicted octanol–water partition coefficient (Wildman–Crippen LogP) is 0.144. The van der Waals surface area contributed by atoms with Crippen molar-refractivity contribution in [1.29, 1.82) is 0 Å². The first-order chi connectivity index (χ1) is 9.86. The number of carbonyl (C=O) groups excluding carboxylic acids is 1. The first kappa shape index (κ1) is 17.4. The highest BCUT2D eigenvalue weighted by molar-refractivity contribution is 7.89. The van der Waals surface area contributed by atoms with Gasteiger partial charge in [0.2, 0.25) is 10.0 Å². The van der Waals surface area contributed by atoms with Crippen LogP contribution in [0.2, 0.25) is 0 Å². The zero-order chi connectivity index (χ0) is 16.0. The lowest BCUT2D eigenvalue weighted by Gasteiger charge is -2.09. The average molecular weight is 318 g/mol. The molecule has 1 aromatic heterocycles. The van der Waals surface area contributed by atoms with E-state index in [-0.39, 0.29) is 30.4 Å². The zero-order valence-electron chi connectivity index (χ0n) is 12.5. The molecule has 120 valence electrons. The molecule has 1 rings (SSSR count). The van der Waals surface area contributed by atoms with Gasteiger partial charge in [-0.2, -0.15) is 0 Å². The summed E-state index contributed by atoms with van der Waals surface area (Å²) in [6.45, 7) is 5.94. The summed E-state index contributed by atoms with van der Waals surface area (Å²) in [5.74, 6) is -0.0336. The number of imidazole rings is 1. The summed E-state index contributed by atoms with van der Waals surface area (Å²) < 4.78 is 32.2. The number of carbonyl (C=O) groups is 1. The van der Waals surface area contributed by atoms with Crippen LogP contribution in [0.3, 0.4) is 0 Å². The van der Waals surface area contributed by atoms with Crippen molar-refractivity contribution < 1.29 is 17.9 Å². The SMILES string of the molecule is CCNS(=O)(=O)CCn1c(CC)nc(C(=O)OCC)c1N. The molecule has 0 aliphatic rings. The third kappa shape index (κ3) is 4.43. The number of nitrogens with one attached hydrogen (secondary N) is 1. The minimum Gasteiger partial charge on any atom is -0.461 e. The molecule has 1 heterocycles. The molecule has 0 radical (unpaired) electrons. The van der Waals surface area contributed by atoms with Gasteiger partial charge in [0.1, 0.15) is 11.6 Å². The van der Waals surface area contributed by atoms with E-state index in [1.165, 1.54) is 0 Å². The Kier molecular flexibility index (Phi) is 6.16. The van der Waals surface area contributed by atoms with Crippen LogP contribution in [0, 0.1) is 0 Å². The number of hydrogen-bond donors (Lipinski definition) is 2. The number of nitrogens with zero attached hydrogens (tertiary/aromatic N) is 2. The monoisotopic (exact) mass is 318 g/mol. The Morgan fingerprint density at radius 1 is 1.38 bits per heavy atom. The first-order valence-electron chi connectivity index (χ1n) is 6.85. The molecular formula is C12H22N4O4S. The minimum absolute atomic E-state index is 0.0366. The third-order valence-corrected chi connectivity index (χ3v) is 4.27. The maximum atomic E-state index is 11.7. The maximum Gasteiger partial charge on any atom is 0.360 e.